The Morgan fingerprint density at radius 1 is 0.739 bits per heavy atom. The summed E-state index contributed by atoms with van der Waals surface area (Å²) in [5.41, 5.74) is 0. The molecule has 23 heavy (non-hydrogen) atoms. The summed E-state index contributed by atoms with van der Waals surface area (Å²) in [7, 11) is -2.34. The van der Waals surface area contributed by atoms with Gasteiger partial charge in [0.25, 0.3) is 5.97 Å². The van der Waals surface area contributed by atoms with Gasteiger partial charge in [0.2, 0.25) is 0 Å². The molecular weight excluding hydrogens is 304 g/mol. The van der Waals surface area contributed by atoms with Crippen LogP contribution in [0.1, 0.15) is 27.2 Å². The first kappa shape index (κ1) is 17.9. The molecule has 2 rings (SSSR count). The summed E-state index contributed by atoms with van der Waals surface area (Å²) in [6.07, 6.45) is -0.0692. The van der Waals surface area contributed by atoms with Gasteiger partial charge >= 0.3 is 0 Å². The number of hydrogen-bond donors (Lipinski definition) is 3. The Hall–Kier alpha value is -1.46. The quantitative estimate of drug-likeness (QED) is 0.581. The molecule has 0 atom stereocenters. The van der Waals surface area contributed by atoms with Gasteiger partial charge in [0.05, 0.1) is 0 Å². The Labute approximate surface area is 139 Å². The maximum atomic E-state index is 9.47. The third kappa shape index (κ3) is 3.90. The van der Waals surface area contributed by atoms with E-state index in [4.69, 9.17) is 0 Å². The Kier molecular flexibility index (Phi) is 5.11. The predicted molar refractivity (Wildman–Crippen MR) is 96.4 cm³/mol. The molecular formula is C19H26O3Si. The highest BCUT2D eigenvalue weighted by molar-refractivity contribution is 7.04. The average molecular weight is 331 g/mol. The van der Waals surface area contributed by atoms with E-state index in [1.54, 1.807) is 0 Å². The van der Waals surface area contributed by atoms with Gasteiger partial charge in [-0.05, 0) is 11.1 Å². The molecule has 3 nitrogen and oxygen atoms in total. The first-order chi connectivity index (χ1) is 10.7. The lowest BCUT2D eigenvalue weighted by molar-refractivity contribution is -0.312. The van der Waals surface area contributed by atoms with Crippen LogP contribution in [0.2, 0.25) is 11.1 Å². The minimum atomic E-state index is -2.63. The molecule has 0 heterocycles. The predicted octanol–water partition coefficient (Wildman–Crippen LogP) is 2.07. The Morgan fingerprint density at radius 2 is 1.13 bits per heavy atom. The van der Waals surface area contributed by atoms with Crippen molar-refractivity contribution in [1.82, 2.24) is 0 Å². The summed E-state index contributed by atoms with van der Waals surface area (Å²) >= 11 is 0. The Bertz CT molecular complexity index is 573. The van der Waals surface area contributed by atoms with Gasteiger partial charge in [-0.25, -0.2) is 0 Å². The standard InChI is InChI=1S/C19H26O3Si/c1-18(2,3)23(15-14-19(20,21)22,16-10-6-4-7-11-16)17-12-8-5-9-13-17/h4-13,20-22H,14-15H2,1-3H3. The van der Waals surface area contributed by atoms with Gasteiger partial charge in [-0.15, -0.1) is 0 Å². The summed E-state index contributed by atoms with van der Waals surface area (Å²) < 4.78 is 0. The molecule has 4 heteroatoms. The van der Waals surface area contributed by atoms with Crippen LogP contribution in [0, 0.1) is 0 Å². The molecule has 0 saturated heterocycles. The normalized spacial score (nSPS) is 13.1. The van der Waals surface area contributed by atoms with E-state index >= 15 is 0 Å². The molecule has 0 spiro atoms. The zero-order chi connectivity index (χ0) is 17.1. The second-order valence-corrected chi connectivity index (χ2v) is 12.1. The van der Waals surface area contributed by atoms with E-state index < -0.39 is 14.0 Å². The highest BCUT2D eigenvalue weighted by Crippen LogP contribution is 2.40. The van der Waals surface area contributed by atoms with Crippen LogP contribution in [0.3, 0.4) is 0 Å². The van der Waals surface area contributed by atoms with E-state index in [-0.39, 0.29) is 11.5 Å². The van der Waals surface area contributed by atoms with Crippen molar-refractivity contribution in [1.29, 1.82) is 0 Å². The summed E-state index contributed by atoms with van der Waals surface area (Å²) in [6.45, 7) is 6.60. The number of rotatable bonds is 5. The molecule has 0 radical (unpaired) electrons. The van der Waals surface area contributed by atoms with Gasteiger partial charge in [-0.1, -0.05) is 91.8 Å². The van der Waals surface area contributed by atoms with Crippen molar-refractivity contribution in [2.75, 3.05) is 0 Å². The van der Waals surface area contributed by atoms with Crippen LogP contribution in [0.4, 0.5) is 0 Å². The van der Waals surface area contributed by atoms with Gasteiger partial charge in [-0.2, -0.15) is 0 Å². The van der Waals surface area contributed by atoms with Gasteiger partial charge in [0, 0.05) is 6.42 Å². The monoisotopic (exact) mass is 330 g/mol. The highest BCUT2D eigenvalue weighted by Gasteiger charge is 2.48. The van der Waals surface area contributed by atoms with Crippen molar-refractivity contribution in [3.05, 3.63) is 60.7 Å². The van der Waals surface area contributed by atoms with Crippen LogP contribution in [-0.4, -0.2) is 29.4 Å². The van der Waals surface area contributed by atoms with Crippen LogP contribution < -0.4 is 10.4 Å². The molecule has 2 aromatic carbocycles. The molecule has 0 amide bonds. The maximum absolute atomic E-state index is 9.47. The Morgan fingerprint density at radius 3 is 1.43 bits per heavy atom. The fourth-order valence-electron chi connectivity index (χ4n) is 3.50. The van der Waals surface area contributed by atoms with E-state index in [0.29, 0.717) is 6.04 Å². The smallest absolute Gasteiger partial charge is 0.275 e. The molecule has 3 N–H and O–H groups in total. The number of benzene rings is 2. The molecule has 0 saturated carbocycles. The second kappa shape index (κ2) is 6.57. The fraction of sp³-hybridized carbons (Fsp3) is 0.368. The fourth-order valence-corrected chi connectivity index (χ4v) is 9.12. The lowest BCUT2D eigenvalue weighted by Gasteiger charge is -2.45. The minimum absolute atomic E-state index is 0.0546. The van der Waals surface area contributed by atoms with Crippen molar-refractivity contribution in [3.63, 3.8) is 0 Å². The number of aliphatic hydroxyl groups is 3. The molecule has 124 valence electrons. The van der Waals surface area contributed by atoms with E-state index in [2.05, 4.69) is 45.0 Å². The average Bonchev–Trinajstić information content (AvgIpc) is 2.47. The van der Waals surface area contributed by atoms with Gasteiger partial charge in [-0.3, -0.25) is 0 Å². The second-order valence-electron chi connectivity index (χ2n) is 7.16. The summed E-state index contributed by atoms with van der Waals surface area (Å²) in [5, 5.41) is 30.8. The largest absolute Gasteiger partial charge is 0.344 e. The molecule has 2 aromatic rings. The van der Waals surface area contributed by atoms with Gasteiger partial charge in [0.1, 0.15) is 8.07 Å². The van der Waals surface area contributed by atoms with E-state index in [1.165, 1.54) is 10.4 Å². The van der Waals surface area contributed by atoms with Crippen LogP contribution in [0.5, 0.6) is 0 Å². The molecule has 0 aliphatic heterocycles. The van der Waals surface area contributed by atoms with Crippen molar-refractivity contribution in [2.24, 2.45) is 0 Å². The Balaban J connectivity index is 2.65. The molecule has 0 fully saturated rings. The highest BCUT2D eigenvalue weighted by atomic mass is 28.3. The van der Waals surface area contributed by atoms with Crippen LogP contribution in [0.15, 0.2) is 60.7 Å². The van der Waals surface area contributed by atoms with Gasteiger partial charge in [0.15, 0.2) is 0 Å². The minimum Gasteiger partial charge on any atom is -0.344 e. The third-order valence-corrected chi connectivity index (χ3v) is 10.8. The lowest BCUT2D eigenvalue weighted by atomic mass is 10.2. The SMILES string of the molecule is CC(C)(C)[Si](CCC(O)(O)O)(c1ccccc1)c1ccccc1. The molecule has 0 aliphatic rings. The van der Waals surface area contributed by atoms with Crippen LogP contribution >= 0.6 is 0 Å². The van der Waals surface area contributed by atoms with E-state index in [0.717, 1.165) is 0 Å². The molecule has 0 aromatic heterocycles. The van der Waals surface area contributed by atoms with Crippen molar-refractivity contribution < 1.29 is 15.3 Å². The van der Waals surface area contributed by atoms with E-state index in [1.807, 2.05) is 36.4 Å². The summed E-state index contributed by atoms with van der Waals surface area (Å²) in [5.74, 6) is -2.63. The number of hydrogen-bond acceptors (Lipinski definition) is 3. The topological polar surface area (TPSA) is 60.7 Å². The van der Waals surface area contributed by atoms with Crippen molar-refractivity contribution in [3.8, 4) is 0 Å². The van der Waals surface area contributed by atoms with Gasteiger partial charge < -0.3 is 15.3 Å². The van der Waals surface area contributed by atoms with Crippen LogP contribution in [0.25, 0.3) is 0 Å². The van der Waals surface area contributed by atoms with Crippen molar-refractivity contribution >= 4 is 18.4 Å². The summed E-state index contributed by atoms with van der Waals surface area (Å²) in [6, 6.07) is 21.1. The zero-order valence-electron chi connectivity index (χ0n) is 14.0. The molecule has 0 aliphatic carbocycles. The molecule has 0 bridgehead atoms. The molecule has 0 unspecified atom stereocenters. The van der Waals surface area contributed by atoms with Crippen molar-refractivity contribution in [2.45, 2.75) is 44.2 Å². The lowest BCUT2D eigenvalue weighted by Crippen LogP contribution is -2.64. The first-order valence-corrected chi connectivity index (χ1v) is 10.2. The maximum Gasteiger partial charge on any atom is 0.275 e. The third-order valence-electron chi connectivity index (χ3n) is 4.65. The first-order valence-electron chi connectivity index (χ1n) is 7.95. The zero-order valence-corrected chi connectivity index (χ0v) is 15.0. The summed E-state index contributed by atoms with van der Waals surface area (Å²) in [4.78, 5) is 0. The van der Waals surface area contributed by atoms with E-state index in [9.17, 15) is 15.3 Å². The van der Waals surface area contributed by atoms with Crippen LogP contribution in [-0.2, 0) is 0 Å².